The fraction of sp³-hybridized carbons (Fsp3) is 0.0909. The topological polar surface area (TPSA) is 26.0 Å². The van der Waals surface area contributed by atoms with Crippen LogP contribution in [0.2, 0.25) is 0 Å². The number of furan rings is 1. The summed E-state index contributed by atoms with van der Waals surface area (Å²) in [6.45, 7) is 1.99. The van der Waals surface area contributed by atoms with Crippen molar-refractivity contribution in [1.82, 2.24) is 4.98 Å². The highest BCUT2D eigenvalue weighted by molar-refractivity contribution is 5.57. The van der Waals surface area contributed by atoms with Crippen molar-refractivity contribution < 1.29 is 4.42 Å². The van der Waals surface area contributed by atoms with Gasteiger partial charge >= 0.3 is 0 Å². The second-order valence-electron chi connectivity index (χ2n) is 2.78. The van der Waals surface area contributed by atoms with Crippen LogP contribution in [0.3, 0.4) is 0 Å². The van der Waals surface area contributed by atoms with E-state index in [4.69, 9.17) is 4.42 Å². The van der Waals surface area contributed by atoms with Crippen LogP contribution < -0.4 is 0 Å². The fourth-order valence-electron chi connectivity index (χ4n) is 1.16. The summed E-state index contributed by atoms with van der Waals surface area (Å²) in [7, 11) is 0. The molecule has 0 saturated carbocycles. The van der Waals surface area contributed by atoms with Gasteiger partial charge in [0.25, 0.3) is 0 Å². The number of pyridine rings is 1. The molecule has 2 heterocycles. The van der Waals surface area contributed by atoms with Gasteiger partial charge in [-0.05, 0) is 24.1 Å². The first-order valence-electron chi connectivity index (χ1n) is 4.18. The van der Waals surface area contributed by atoms with E-state index in [0.29, 0.717) is 0 Å². The second kappa shape index (κ2) is 3.44. The number of hydrogen-bond acceptors (Lipinski definition) is 2. The van der Waals surface area contributed by atoms with Crippen LogP contribution in [0.25, 0.3) is 11.3 Å². The molecule has 2 heteroatoms. The van der Waals surface area contributed by atoms with Crippen LogP contribution in [-0.4, -0.2) is 4.98 Å². The molecule has 0 aliphatic carbocycles. The van der Waals surface area contributed by atoms with Gasteiger partial charge in [0.2, 0.25) is 0 Å². The average Bonchev–Trinajstić information content (AvgIpc) is 2.71. The zero-order chi connectivity index (χ0) is 9.10. The van der Waals surface area contributed by atoms with Crippen LogP contribution in [0, 0.1) is 6.42 Å². The molecule has 1 radical (unpaired) electrons. The third-order valence-corrected chi connectivity index (χ3v) is 1.94. The molecule has 0 aliphatic heterocycles. The van der Waals surface area contributed by atoms with Gasteiger partial charge in [-0.1, -0.05) is 13.0 Å². The molecule has 65 valence electrons. The summed E-state index contributed by atoms with van der Waals surface area (Å²) >= 11 is 0. The molecule has 2 aromatic heterocycles. The molecule has 0 spiro atoms. The quantitative estimate of drug-likeness (QED) is 0.696. The van der Waals surface area contributed by atoms with Crippen LogP contribution in [0.5, 0.6) is 0 Å². The van der Waals surface area contributed by atoms with Gasteiger partial charge < -0.3 is 4.42 Å². The van der Waals surface area contributed by atoms with Crippen molar-refractivity contribution in [3.63, 3.8) is 0 Å². The SMILES string of the molecule is C[CH]c1ccc(-c2ccoc2)nc1. The lowest BCUT2D eigenvalue weighted by Gasteiger charge is -1.97. The van der Waals surface area contributed by atoms with Crippen molar-refractivity contribution >= 4 is 0 Å². The Labute approximate surface area is 77.2 Å². The maximum atomic E-state index is 4.98. The van der Waals surface area contributed by atoms with Gasteiger partial charge in [0.1, 0.15) is 0 Å². The first-order chi connectivity index (χ1) is 6.40. The van der Waals surface area contributed by atoms with Crippen molar-refractivity contribution in [2.24, 2.45) is 0 Å². The molecular weight excluding hydrogens is 162 g/mol. The molecule has 0 saturated heterocycles. The molecule has 0 bridgehead atoms. The van der Waals surface area contributed by atoms with E-state index in [0.717, 1.165) is 16.8 Å². The van der Waals surface area contributed by atoms with Gasteiger partial charge in [-0.15, -0.1) is 0 Å². The standard InChI is InChI=1S/C11H10NO/c1-2-9-3-4-11(12-7-9)10-5-6-13-8-10/h2-8H,1H3. The van der Waals surface area contributed by atoms with Crippen molar-refractivity contribution in [2.75, 3.05) is 0 Å². The molecule has 2 rings (SSSR count). The Morgan fingerprint density at radius 1 is 1.31 bits per heavy atom. The third-order valence-electron chi connectivity index (χ3n) is 1.94. The highest BCUT2D eigenvalue weighted by Crippen LogP contribution is 2.17. The summed E-state index contributed by atoms with van der Waals surface area (Å²) < 4.78 is 4.98. The van der Waals surface area contributed by atoms with Crippen LogP contribution in [0.4, 0.5) is 0 Å². The predicted molar refractivity (Wildman–Crippen MR) is 51.0 cm³/mol. The van der Waals surface area contributed by atoms with E-state index in [1.165, 1.54) is 0 Å². The minimum atomic E-state index is 0.944. The summed E-state index contributed by atoms with van der Waals surface area (Å²) in [6, 6.07) is 5.92. The average molecular weight is 172 g/mol. The smallest absolute Gasteiger partial charge is 0.0996 e. The zero-order valence-electron chi connectivity index (χ0n) is 7.40. The lowest BCUT2D eigenvalue weighted by molar-refractivity contribution is 0.568. The molecule has 0 aromatic carbocycles. The number of nitrogens with zero attached hydrogens (tertiary/aromatic N) is 1. The Morgan fingerprint density at radius 2 is 2.23 bits per heavy atom. The normalized spacial score (nSPS) is 10.2. The van der Waals surface area contributed by atoms with Gasteiger partial charge in [-0.3, -0.25) is 4.98 Å². The zero-order valence-corrected chi connectivity index (χ0v) is 7.40. The molecule has 2 aromatic rings. The summed E-state index contributed by atoms with van der Waals surface area (Å²) in [5.41, 5.74) is 3.09. The van der Waals surface area contributed by atoms with Crippen molar-refractivity contribution in [1.29, 1.82) is 0 Å². The van der Waals surface area contributed by atoms with Crippen molar-refractivity contribution in [3.05, 3.63) is 48.9 Å². The molecule has 2 nitrogen and oxygen atoms in total. The predicted octanol–water partition coefficient (Wildman–Crippen LogP) is 2.91. The van der Waals surface area contributed by atoms with E-state index >= 15 is 0 Å². The van der Waals surface area contributed by atoms with Gasteiger partial charge in [0, 0.05) is 11.8 Å². The maximum absolute atomic E-state index is 4.98. The Balaban J connectivity index is 2.33. The molecule has 0 atom stereocenters. The van der Waals surface area contributed by atoms with E-state index in [-0.39, 0.29) is 0 Å². The molecule has 0 amide bonds. The fourth-order valence-corrected chi connectivity index (χ4v) is 1.16. The number of hydrogen-bond donors (Lipinski definition) is 0. The monoisotopic (exact) mass is 172 g/mol. The molecule has 0 aliphatic rings. The van der Waals surface area contributed by atoms with Crippen LogP contribution in [-0.2, 0) is 0 Å². The minimum Gasteiger partial charge on any atom is -0.472 e. The Morgan fingerprint density at radius 3 is 2.77 bits per heavy atom. The summed E-state index contributed by atoms with van der Waals surface area (Å²) in [4.78, 5) is 4.30. The minimum absolute atomic E-state index is 0.944. The molecule has 13 heavy (non-hydrogen) atoms. The Bertz CT molecular complexity index is 361. The highest BCUT2D eigenvalue weighted by atomic mass is 16.3. The van der Waals surface area contributed by atoms with Crippen LogP contribution >= 0.6 is 0 Å². The van der Waals surface area contributed by atoms with Gasteiger partial charge in [-0.25, -0.2) is 0 Å². The van der Waals surface area contributed by atoms with Crippen molar-refractivity contribution in [3.8, 4) is 11.3 Å². The second-order valence-corrected chi connectivity index (χ2v) is 2.78. The maximum Gasteiger partial charge on any atom is 0.0996 e. The van der Waals surface area contributed by atoms with E-state index in [9.17, 15) is 0 Å². The summed E-state index contributed by atoms with van der Waals surface area (Å²) in [5, 5.41) is 0. The molecule has 0 fully saturated rings. The van der Waals surface area contributed by atoms with Gasteiger partial charge in [0.05, 0.1) is 18.2 Å². The number of aromatic nitrogens is 1. The van der Waals surface area contributed by atoms with E-state index in [1.807, 2.05) is 37.7 Å². The highest BCUT2D eigenvalue weighted by Gasteiger charge is 1.99. The first-order valence-corrected chi connectivity index (χ1v) is 4.18. The summed E-state index contributed by atoms with van der Waals surface area (Å²) in [6.07, 6.45) is 7.21. The third kappa shape index (κ3) is 1.61. The number of rotatable bonds is 2. The van der Waals surface area contributed by atoms with E-state index in [1.54, 1.807) is 12.5 Å². The van der Waals surface area contributed by atoms with Crippen LogP contribution in [0.1, 0.15) is 12.5 Å². The molecule has 0 unspecified atom stereocenters. The summed E-state index contributed by atoms with van der Waals surface area (Å²) in [5.74, 6) is 0. The van der Waals surface area contributed by atoms with E-state index in [2.05, 4.69) is 4.98 Å². The van der Waals surface area contributed by atoms with Gasteiger partial charge in [-0.2, -0.15) is 0 Å². The largest absolute Gasteiger partial charge is 0.472 e. The Kier molecular flexibility index (Phi) is 2.13. The molecule has 0 N–H and O–H groups in total. The lowest BCUT2D eigenvalue weighted by Crippen LogP contribution is -1.83. The van der Waals surface area contributed by atoms with Crippen LogP contribution in [0.15, 0.2) is 41.3 Å². The first kappa shape index (κ1) is 8.05. The van der Waals surface area contributed by atoms with E-state index < -0.39 is 0 Å². The van der Waals surface area contributed by atoms with Crippen molar-refractivity contribution in [2.45, 2.75) is 6.92 Å². The lowest BCUT2D eigenvalue weighted by atomic mass is 10.1. The Hall–Kier alpha value is -1.57. The van der Waals surface area contributed by atoms with Gasteiger partial charge in [0.15, 0.2) is 0 Å². The molecular formula is C11H10NO.